The first-order chi connectivity index (χ1) is 15.7. The Labute approximate surface area is 190 Å². The van der Waals surface area contributed by atoms with Crippen LogP contribution in [-0.4, -0.2) is 25.3 Å². The van der Waals surface area contributed by atoms with Crippen molar-refractivity contribution in [3.63, 3.8) is 0 Å². The number of hydrogen-bond donors (Lipinski definition) is 0. The van der Waals surface area contributed by atoms with Gasteiger partial charge in [0.15, 0.2) is 21.4 Å². The van der Waals surface area contributed by atoms with Crippen molar-refractivity contribution in [2.45, 2.75) is 31.1 Å². The molecule has 1 aromatic heterocycles. The predicted molar refractivity (Wildman–Crippen MR) is 120 cm³/mol. The van der Waals surface area contributed by atoms with Crippen LogP contribution < -0.4 is 15.0 Å². The second-order valence-corrected chi connectivity index (χ2v) is 10.1. The number of rotatable bonds is 2. The Bertz CT molecular complexity index is 1380. The van der Waals surface area contributed by atoms with E-state index in [0.717, 1.165) is 6.07 Å². The van der Waals surface area contributed by atoms with Crippen LogP contribution in [0, 0.1) is 11.6 Å². The average molecular weight is 476 g/mol. The van der Waals surface area contributed by atoms with Crippen molar-refractivity contribution in [3.05, 3.63) is 70.1 Å². The number of sulfone groups is 1. The highest BCUT2D eigenvalue weighted by molar-refractivity contribution is 7.91. The molecule has 9 heteroatoms. The van der Waals surface area contributed by atoms with Gasteiger partial charge in [-0.1, -0.05) is 6.92 Å². The van der Waals surface area contributed by atoms with Crippen molar-refractivity contribution in [3.8, 4) is 28.4 Å². The maximum absolute atomic E-state index is 14.8. The minimum atomic E-state index is -3.57. The number of aromatic nitrogens is 1. The molecular weight excluding hydrogens is 452 g/mol. The molecular formula is C24H23F2NO5S. The van der Waals surface area contributed by atoms with Crippen LogP contribution in [0.2, 0.25) is 0 Å². The Balaban J connectivity index is 2.01. The first kappa shape index (κ1) is 23.0. The van der Waals surface area contributed by atoms with E-state index in [-0.39, 0.29) is 40.1 Å². The molecule has 0 atom stereocenters. The number of nitrogens with zero attached hydrogens (tertiary/aromatic N) is 1. The lowest BCUT2D eigenvalue weighted by Gasteiger charge is -2.20. The Morgan fingerprint density at radius 3 is 2.58 bits per heavy atom. The van der Waals surface area contributed by atoms with Gasteiger partial charge >= 0.3 is 0 Å². The monoisotopic (exact) mass is 475 g/mol. The third kappa shape index (κ3) is 4.64. The molecule has 0 fully saturated rings. The van der Waals surface area contributed by atoms with E-state index in [9.17, 15) is 22.0 Å². The molecule has 2 heterocycles. The third-order valence-corrected chi connectivity index (χ3v) is 7.30. The van der Waals surface area contributed by atoms with Crippen molar-refractivity contribution in [2.75, 3.05) is 12.4 Å². The van der Waals surface area contributed by atoms with E-state index >= 15 is 0 Å². The van der Waals surface area contributed by atoms with Gasteiger partial charge in [-0.3, -0.25) is 4.79 Å². The molecule has 0 aliphatic carbocycles. The molecule has 0 unspecified atom stereocenters. The fourth-order valence-electron chi connectivity index (χ4n) is 3.73. The summed E-state index contributed by atoms with van der Waals surface area (Å²) in [5.74, 6) is -1.36. The second kappa shape index (κ2) is 8.97. The number of aryl methyl sites for hydroxylation is 2. The summed E-state index contributed by atoms with van der Waals surface area (Å²) >= 11 is 0. The van der Waals surface area contributed by atoms with E-state index in [1.54, 1.807) is 7.05 Å². The second-order valence-electron chi connectivity index (χ2n) is 7.85. The maximum Gasteiger partial charge on any atom is 0.254 e. The lowest BCUT2D eigenvalue weighted by Crippen LogP contribution is -2.16. The summed E-state index contributed by atoms with van der Waals surface area (Å²) in [5.41, 5.74) is 0.799. The maximum atomic E-state index is 14.8. The van der Waals surface area contributed by atoms with Crippen molar-refractivity contribution in [1.29, 1.82) is 0 Å². The first-order valence-corrected chi connectivity index (χ1v) is 12.2. The Morgan fingerprint density at radius 2 is 1.82 bits per heavy atom. The smallest absolute Gasteiger partial charge is 0.254 e. The fourth-order valence-corrected chi connectivity index (χ4v) is 4.63. The number of halogens is 2. The third-order valence-electron chi connectivity index (χ3n) is 5.57. The Hall–Kier alpha value is -3.20. The molecule has 0 amide bonds. The zero-order valence-electron chi connectivity index (χ0n) is 18.2. The van der Waals surface area contributed by atoms with Crippen LogP contribution in [-0.2, 0) is 23.3 Å². The summed E-state index contributed by atoms with van der Waals surface area (Å²) in [4.78, 5) is 12.3. The molecule has 2 aromatic carbocycles. The molecule has 0 radical (unpaired) electrons. The zero-order valence-corrected chi connectivity index (χ0v) is 19.0. The molecule has 0 saturated carbocycles. The van der Waals surface area contributed by atoms with Gasteiger partial charge in [-0.05, 0) is 43.5 Å². The number of ether oxygens (including phenoxy) is 2. The van der Waals surface area contributed by atoms with Gasteiger partial charge in [0, 0.05) is 42.1 Å². The van der Waals surface area contributed by atoms with Crippen LogP contribution in [0.4, 0.5) is 8.78 Å². The van der Waals surface area contributed by atoms with Crippen LogP contribution in [0.25, 0.3) is 11.1 Å². The molecule has 174 valence electrons. The fraction of sp³-hybridized carbons (Fsp3) is 0.292. The van der Waals surface area contributed by atoms with Crippen molar-refractivity contribution >= 4 is 9.84 Å². The van der Waals surface area contributed by atoms with Gasteiger partial charge in [0.2, 0.25) is 0 Å². The predicted octanol–water partition coefficient (Wildman–Crippen LogP) is 4.63. The molecule has 0 bridgehead atoms. The van der Waals surface area contributed by atoms with E-state index in [2.05, 4.69) is 0 Å². The molecule has 4 rings (SSSR count). The van der Waals surface area contributed by atoms with Crippen LogP contribution >= 0.6 is 0 Å². The van der Waals surface area contributed by atoms with Gasteiger partial charge < -0.3 is 14.0 Å². The van der Waals surface area contributed by atoms with E-state index in [1.807, 2.05) is 0 Å². The van der Waals surface area contributed by atoms with E-state index in [4.69, 9.17) is 9.47 Å². The van der Waals surface area contributed by atoms with Crippen molar-refractivity contribution < 1.29 is 26.7 Å². The van der Waals surface area contributed by atoms with E-state index in [1.165, 1.54) is 48.0 Å². The SMILES string of the molecule is CCS(=O)(=O)c1ccc2c(c1)-c1cn(C)c(=O)cc1OCCCCc1cc(F)cc(F)c1O2. The summed E-state index contributed by atoms with van der Waals surface area (Å²) in [7, 11) is -2.01. The molecule has 1 aliphatic rings. The first-order valence-electron chi connectivity index (χ1n) is 10.6. The standard InChI is InChI=1S/C24H23F2NO5S/c1-3-33(29,30)17-7-8-21-18(12-17)19-14-27(2)23(28)13-22(19)31-9-5-4-6-15-10-16(25)11-20(26)24(15)32-21/h7-8,10-14H,3-6,9H2,1-2H3. The summed E-state index contributed by atoms with van der Waals surface area (Å²) in [6.07, 6.45) is 3.04. The largest absolute Gasteiger partial charge is 0.493 e. The summed E-state index contributed by atoms with van der Waals surface area (Å²) < 4.78 is 66.9. The van der Waals surface area contributed by atoms with Crippen LogP contribution in [0.1, 0.15) is 25.3 Å². The van der Waals surface area contributed by atoms with Gasteiger partial charge in [0.1, 0.15) is 17.3 Å². The van der Waals surface area contributed by atoms with Crippen molar-refractivity contribution in [2.24, 2.45) is 7.05 Å². The number of pyridine rings is 1. The number of fused-ring (bicyclic) bond motifs is 4. The lowest BCUT2D eigenvalue weighted by atomic mass is 10.0. The van der Waals surface area contributed by atoms with Gasteiger partial charge in [-0.2, -0.15) is 0 Å². The lowest BCUT2D eigenvalue weighted by molar-refractivity contribution is 0.306. The quantitative estimate of drug-likeness (QED) is 0.540. The Kier molecular flexibility index (Phi) is 6.25. The topological polar surface area (TPSA) is 74.6 Å². The molecule has 0 N–H and O–H groups in total. The summed E-state index contributed by atoms with van der Waals surface area (Å²) in [5, 5.41) is 0. The van der Waals surface area contributed by atoms with Crippen molar-refractivity contribution in [1.82, 2.24) is 4.57 Å². The molecule has 0 spiro atoms. The zero-order chi connectivity index (χ0) is 23.8. The highest BCUT2D eigenvalue weighted by atomic mass is 32.2. The van der Waals surface area contributed by atoms with Gasteiger partial charge in [-0.25, -0.2) is 17.2 Å². The van der Waals surface area contributed by atoms with Gasteiger partial charge in [-0.15, -0.1) is 0 Å². The summed E-state index contributed by atoms with van der Waals surface area (Å²) in [6, 6.07) is 7.56. The Morgan fingerprint density at radius 1 is 1.03 bits per heavy atom. The molecule has 6 nitrogen and oxygen atoms in total. The van der Waals surface area contributed by atoms with E-state index < -0.39 is 21.5 Å². The van der Waals surface area contributed by atoms with Gasteiger partial charge in [0.05, 0.1) is 17.3 Å². The molecule has 3 aromatic rings. The number of hydrogen-bond acceptors (Lipinski definition) is 5. The van der Waals surface area contributed by atoms with Crippen LogP contribution in [0.15, 0.2) is 52.3 Å². The normalized spacial score (nSPS) is 13.9. The molecule has 33 heavy (non-hydrogen) atoms. The summed E-state index contributed by atoms with van der Waals surface area (Å²) in [6.45, 7) is 1.81. The average Bonchev–Trinajstić information content (AvgIpc) is 2.77. The minimum absolute atomic E-state index is 0.0547. The highest BCUT2D eigenvalue weighted by Crippen LogP contribution is 2.41. The minimum Gasteiger partial charge on any atom is -0.493 e. The van der Waals surface area contributed by atoms with Crippen LogP contribution in [0.5, 0.6) is 17.2 Å². The van der Waals surface area contributed by atoms with E-state index in [0.29, 0.717) is 36.0 Å². The van der Waals surface area contributed by atoms with Gasteiger partial charge in [0.25, 0.3) is 5.56 Å². The highest BCUT2D eigenvalue weighted by Gasteiger charge is 2.22. The molecule has 0 saturated heterocycles. The van der Waals surface area contributed by atoms with Crippen LogP contribution in [0.3, 0.4) is 0 Å². The number of benzene rings is 2. The molecule has 1 aliphatic heterocycles.